The SMILES string of the molecule is CC[C@H]1[C@@H](O)[C@H]2C3CC[C@H]([C@H](C)C[C@H](CF)C(=O)O)[C@@]3(C)[C@@H](O)CC2[C@@]2(C)CC[C@@H](O)C[C@@H]12. The van der Waals surface area contributed by atoms with Crippen molar-refractivity contribution >= 4 is 5.97 Å². The molecule has 0 spiro atoms. The minimum Gasteiger partial charge on any atom is -0.481 e. The predicted octanol–water partition coefficient (Wildman–Crippen LogP) is 4.28. The maximum Gasteiger partial charge on any atom is 0.309 e. The Balaban J connectivity index is 1.65. The number of aliphatic hydroxyl groups is 3. The fourth-order valence-electron chi connectivity index (χ4n) is 9.73. The summed E-state index contributed by atoms with van der Waals surface area (Å²) in [6.07, 6.45) is 4.88. The summed E-state index contributed by atoms with van der Waals surface area (Å²) in [6, 6.07) is 0. The molecule has 0 bridgehead atoms. The summed E-state index contributed by atoms with van der Waals surface area (Å²) in [6.45, 7) is 7.82. The molecule has 33 heavy (non-hydrogen) atoms. The number of carboxylic acid groups (broad SMARTS) is 1. The lowest BCUT2D eigenvalue weighted by molar-refractivity contribution is -0.228. The summed E-state index contributed by atoms with van der Waals surface area (Å²) in [5.41, 5.74) is -0.380. The standard InChI is InChI=1S/C27H45FO5/c1-5-17-20-11-16(29)8-9-26(20,3)21-12-22(30)27(4)18(6-7-19(27)23(21)24(17)31)14(2)10-15(13-28)25(32)33/h14-24,29-31H,5-13H2,1-4H3,(H,32,33)/t14-,15-,16-,17-,18-,19?,20+,21?,22+,23+,24-,26+,27-/m1/s1. The van der Waals surface area contributed by atoms with Gasteiger partial charge < -0.3 is 20.4 Å². The quantitative estimate of drug-likeness (QED) is 0.466. The summed E-state index contributed by atoms with van der Waals surface area (Å²) >= 11 is 0. The third-order valence-corrected chi connectivity index (χ3v) is 11.4. The molecule has 0 aliphatic heterocycles. The van der Waals surface area contributed by atoms with Crippen LogP contribution in [0.5, 0.6) is 0 Å². The van der Waals surface area contributed by atoms with Crippen molar-refractivity contribution in [1.82, 2.24) is 0 Å². The van der Waals surface area contributed by atoms with Crippen molar-refractivity contribution in [2.24, 2.45) is 58.2 Å². The molecule has 4 saturated carbocycles. The normalized spacial score (nSPS) is 51.2. The molecule has 0 heterocycles. The number of fused-ring (bicyclic) bond motifs is 5. The minimum atomic E-state index is -1.08. The Hall–Kier alpha value is -0.720. The Morgan fingerprint density at radius 3 is 2.36 bits per heavy atom. The van der Waals surface area contributed by atoms with Crippen LogP contribution >= 0.6 is 0 Å². The summed E-state index contributed by atoms with van der Waals surface area (Å²) in [7, 11) is 0. The Morgan fingerprint density at radius 1 is 1.06 bits per heavy atom. The zero-order valence-electron chi connectivity index (χ0n) is 20.8. The van der Waals surface area contributed by atoms with E-state index in [0.29, 0.717) is 6.42 Å². The van der Waals surface area contributed by atoms with E-state index in [9.17, 15) is 29.6 Å². The van der Waals surface area contributed by atoms with Crippen LogP contribution in [0.2, 0.25) is 0 Å². The van der Waals surface area contributed by atoms with Crippen LogP contribution in [0.1, 0.15) is 79.1 Å². The van der Waals surface area contributed by atoms with Crippen LogP contribution in [-0.2, 0) is 4.79 Å². The molecule has 4 rings (SSSR count). The highest BCUT2D eigenvalue weighted by molar-refractivity contribution is 5.70. The highest BCUT2D eigenvalue weighted by atomic mass is 19.1. The summed E-state index contributed by atoms with van der Waals surface area (Å²) < 4.78 is 13.4. The van der Waals surface area contributed by atoms with E-state index >= 15 is 0 Å². The molecule has 0 aromatic heterocycles. The Kier molecular flexibility index (Phi) is 6.96. The molecule has 4 aliphatic carbocycles. The molecule has 0 aromatic carbocycles. The first-order valence-corrected chi connectivity index (χ1v) is 13.3. The number of carboxylic acids is 1. The molecule has 0 amide bonds. The van der Waals surface area contributed by atoms with Crippen molar-refractivity contribution in [3.05, 3.63) is 0 Å². The van der Waals surface area contributed by atoms with E-state index in [4.69, 9.17) is 0 Å². The molecule has 0 radical (unpaired) electrons. The summed E-state index contributed by atoms with van der Waals surface area (Å²) in [5.74, 6) is -0.991. The zero-order valence-corrected chi connectivity index (χ0v) is 20.8. The number of rotatable bonds is 6. The van der Waals surface area contributed by atoms with Crippen LogP contribution in [0.4, 0.5) is 4.39 Å². The van der Waals surface area contributed by atoms with Gasteiger partial charge in [0.25, 0.3) is 0 Å². The van der Waals surface area contributed by atoms with E-state index in [1.807, 2.05) is 6.92 Å². The van der Waals surface area contributed by atoms with E-state index in [1.165, 1.54) is 0 Å². The highest BCUT2D eigenvalue weighted by Gasteiger charge is 2.67. The van der Waals surface area contributed by atoms with E-state index < -0.39 is 36.2 Å². The molecule has 5 nitrogen and oxygen atoms in total. The van der Waals surface area contributed by atoms with Crippen LogP contribution in [0, 0.1) is 58.2 Å². The second-order valence-electron chi connectivity index (χ2n) is 12.6. The molecule has 4 aliphatic rings. The van der Waals surface area contributed by atoms with Gasteiger partial charge in [-0.15, -0.1) is 0 Å². The number of hydrogen-bond acceptors (Lipinski definition) is 4. The molecule has 0 aromatic rings. The van der Waals surface area contributed by atoms with E-state index in [-0.39, 0.29) is 59.4 Å². The van der Waals surface area contributed by atoms with Gasteiger partial charge in [0.15, 0.2) is 0 Å². The van der Waals surface area contributed by atoms with Gasteiger partial charge in [-0.05, 0) is 97.2 Å². The molecule has 6 heteroatoms. The number of hydrogen-bond donors (Lipinski definition) is 4. The third-order valence-electron chi connectivity index (χ3n) is 11.4. The number of aliphatic carboxylic acids is 1. The van der Waals surface area contributed by atoms with Crippen LogP contribution in [-0.4, -0.2) is 51.4 Å². The van der Waals surface area contributed by atoms with Gasteiger partial charge in [-0.25, -0.2) is 0 Å². The van der Waals surface area contributed by atoms with Gasteiger partial charge in [0.2, 0.25) is 0 Å². The summed E-state index contributed by atoms with van der Waals surface area (Å²) in [4.78, 5) is 11.5. The number of aliphatic hydroxyl groups excluding tert-OH is 3. The molecule has 4 fully saturated rings. The molecule has 0 saturated heterocycles. The summed E-state index contributed by atoms with van der Waals surface area (Å²) in [5, 5.41) is 43.2. The van der Waals surface area contributed by atoms with Gasteiger partial charge in [0.05, 0.1) is 24.2 Å². The molecule has 13 atom stereocenters. The first-order valence-electron chi connectivity index (χ1n) is 13.3. The van der Waals surface area contributed by atoms with Crippen molar-refractivity contribution in [3.8, 4) is 0 Å². The molecular formula is C27H45FO5. The first-order chi connectivity index (χ1) is 15.5. The molecular weight excluding hydrogens is 423 g/mol. The topological polar surface area (TPSA) is 98.0 Å². The molecule has 2 unspecified atom stereocenters. The van der Waals surface area contributed by atoms with Gasteiger partial charge >= 0.3 is 5.97 Å². The van der Waals surface area contributed by atoms with E-state index in [1.54, 1.807) is 0 Å². The molecule has 4 N–H and O–H groups in total. The number of halogens is 1. The minimum absolute atomic E-state index is 0.00100. The smallest absolute Gasteiger partial charge is 0.309 e. The fourth-order valence-corrected chi connectivity index (χ4v) is 9.73. The van der Waals surface area contributed by atoms with Gasteiger partial charge in [-0.1, -0.05) is 34.1 Å². The second kappa shape index (κ2) is 9.05. The van der Waals surface area contributed by atoms with Gasteiger partial charge in [0.1, 0.15) is 6.67 Å². The fraction of sp³-hybridized carbons (Fsp3) is 0.963. The van der Waals surface area contributed by atoms with E-state index in [0.717, 1.165) is 38.5 Å². The lowest BCUT2D eigenvalue weighted by atomic mass is 9.41. The maximum absolute atomic E-state index is 13.4. The monoisotopic (exact) mass is 468 g/mol. The van der Waals surface area contributed by atoms with Crippen LogP contribution in [0.25, 0.3) is 0 Å². The van der Waals surface area contributed by atoms with Gasteiger partial charge in [-0.2, -0.15) is 0 Å². The van der Waals surface area contributed by atoms with Gasteiger partial charge in [-0.3, -0.25) is 9.18 Å². The van der Waals surface area contributed by atoms with Crippen LogP contribution in [0.15, 0.2) is 0 Å². The zero-order chi connectivity index (χ0) is 24.3. The van der Waals surface area contributed by atoms with Crippen LogP contribution in [0.3, 0.4) is 0 Å². The van der Waals surface area contributed by atoms with Crippen molar-refractivity contribution in [3.63, 3.8) is 0 Å². The molecule has 190 valence electrons. The third kappa shape index (κ3) is 3.78. The number of carbonyl (C=O) groups is 1. The highest BCUT2D eigenvalue weighted by Crippen LogP contribution is 2.69. The van der Waals surface area contributed by atoms with Gasteiger partial charge in [0, 0.05) is 0 Å². The average molecular weight is 469 g/mol. The lowest BCUT2D eigenvalue weighted by Gasteiger charge is -2.65. The number of alkyl halides is 1. The second-order valence-corrected chi connectivity index (χ2v) is 12.6. The van der Waals surface area contributed by atoms with Crippen molar-refractivity contribution < 1.29 is 29.6 Å². The van der Waals surface area contributed by atoms with Crippen molar-refractivity contribution in [2.45, 2.75) is 97.4 Å². The average Bonchev–Trinajstić information content (AvgIpc) is 3.12. The first kappa shape index (κ1) is 25.4. The Morgan fingerprint density at radius 2 is 1.76 bits per heavy atom. The Bertz CT molecular complexity index is 731. The van der Waals surface area contributed by atoms with Crippen molar-refractivity contribution in [2.75, 3.05) is 6.67 Å². The Labute approximate surface area is 198 Å². The van der Waals surface area contributed by atoms with Crippen molar-refractivity contribution in [1.29, 1.82) is 0 Å². The van der Waals surface area contributed by atoms with E-state index in [2.05, 4.69) is 20.8 Å². The predicted molar refractivity (Wildman–Crippen MR) is 124 cm³/mol. The van der Waals surface area contributed by atoms with Crippen LogP contribution < -0.4 is 0 Å². The maximum atomic E-state index is 13.4. The lowest BCUT2D eigenvalue weighted by Crippen LogP contribution is -2.65. The largest absolute Gasteiger partial charge is 0.481 e.